The molecule has 0 saturated carbocycles. The minimum Gasteiger partial charge on any atom is -0.503 e. The summed E-state index contributed by atoms with van der Waals surface area (Å²) in [6.07, 6.45) is -3.34. The molecule has 6 nitrogen and oxygen atoms in total. The zero-order valence-electron chi connectivity index (χ0n) is 15.9. The summed E-state index contributed by atoms with van der Waals surface area (Å²) >= 11 is 0. The van der Waals surface area contributed by atoms with Crippen LogP contribution in [0.3, 0.4) is 0 Å². The number of hydroxylamine groups is 1. The summed E-state index contributed by atoms with van der Waals surface area (Å²) in [6.45, 7) is 0. The number of hydrogen-bond acceptors (Lipinski definition) is 6. The lowest BCUT2D eigenvalue weighted by Gasteiger charge is -2.15. The third-order valence-electron chi connectivity index (χ3n) is 3.80. The summed E-state index contributed by atoms with van der Waals surface area (Å²) in [6, 6.07) is 11.1. The predicted molar refractivity (Wildman–Crippen MR) is 101 cm³/mol. The zero-order valence-corrected chi connectivity index (χ0v) is 15.9. The van der Waals surface area contributed by atoms with Crippen LogP contribution in [0.15, 0.2) is 59.9 Å². The molecule has 0 atom stereocenters. The first kappa shape index (κ1) is 22.0. The number of esters is 1. The Morgan fingerprint density at radius 2 is 1.76 bits per heavy atom. The zero-order chi connectivity index (χ0) is 21.4. The molecule has 0 aliphatic rings. The molecule has 0 amide bonds. The highest BCUT2D eigenvalue weighted by Crippen LogP contribution is 2.31. The first-order valence-electron chi connectivity index (χ1n) is 8.33. The smallest absolute Gasteiger partial charge is 0.416 e. The Labute approximate surface area is 165 Å². The Bertz CT molecular complexity index is 924. The highest BCUT2D eigenvalue weighted by molar-refractivity contribution is 6.22. The number of benzene rings is 2. The number of alkyl halides is 3. The first-order chi connectivity index (χ1) is 13.8. The van der Waals surface area contributed by atoms with Crippen LogP contribution in [0, 0.1) is 0 Å². The van der Waals surface area contributed by atoms with Gasteiger partial charge in [0.25, 0.3) is 0 Å². The van der Waals surface area contributed by atoms with Crippen LogP contribution in [0.1, 0.15) is 22.3 Å². The third-order valence-corrected chi connectivity index (χ3v) is 3.80. The molecule has 154 valence electrons. The number of halogens is 3. The van der Waals surface area contributed by atoms with Crippen LogP contribution in [-0.4, -0.2) is 32.9 Å². The number of methoxy groups -OCH3 is 2. The van der Waals surface area contributed by atoms with Gasteiger partial charge in [0, 0.05) is 23.7 Å². The van der Waals surface area contributed by atoms with Gasteiger partial charge in [-0.05, 0) is 12.1 Å². The van der Waals surface area contributed by atoms with Crippen LogP contribution in [0.5, 0.6) is 0 Å². The van der Waals surface area contributed by atoms with E-state index in [9.17, 15) is 18.0 Å². The molecule has 0 aliphatic heterocycles. The monoisotopic (exact) mass is 408 g/mol. The Balaban J connectivity index is 2.71. The van der Waals surface area contributed by atoms with Gasteiger partial charge in [0.15, 0.2) is 0 Å². The summed E-state index contributed by atoms with van der Waals surface area (Å²) in [5, 5.41) is 3.91. The van der Waals surface area contributed by atoms with Gasteiger partial charge in [-0.15, -0.1) is 5.48 Å². The van der Waals surface area contributed by atoms with Crippen LogP contribution in [-0.2, 0) is 25.4 Å². The van der Waals surface area contributed by atoms with Gasteiger partial charge in [-0.1, -0.05) is 41.6 Å². The molecule has 0 aromatic heterocycles. The van der Waals surface area contributed by atoms with Gasteiger partial charge in [-0.2, -0.15) is 13.2 Å². The fourth-order valence-corrected chi connectivity index (χ4v) is 2.57. The van der Waals surface area contributed by atoms with Crippen molar-refractivity contribution in [3.8, 4) is 0 Å². The highest BCUT2D eigenvalue weighted by Gasteiger charge is 2.31. The average molecular weight is 408 g/mol. The number of ether oxygens (including phenoxy) is 2. The van der Waals surface area contributed by atoms with E-state index < -0.39 is 17.7 Å². The number of oxime groups is 1. The average Bonchev–Trinajstić information content (AvgIpc) is 2.72. The first-order valence-corrected chi connectivity index (χ1v) is 8.33. The van der Waals surface area contributed by atoms with Crippen LogP contribution in [0.2, 0.25) is 0 Å². The van der Waals surface area contributed by atoms with Gasteiger partial charge in [-0.25, -0.2) is 4.79 Å². The summed E-state index contributed by atoms with van der Waals surface area (Å²) in [5.41, 5.74) is 2.48. The molecule has 0 unspecified atom stereocenters. The lowest BCUT2D eigenvalue weighted by Crippen LogP contribution is -2.15. The molecule has 2 rings (SSSR count). The van der Waals surface area contributed by atoms with Crippen molar-refractivity contribution in [1.82, 2.24) is 5.48 Å². The Hall–Kier alpha value is -3.33. The molecule has 29 heavy (non-hydrogen) atoms. The third kappa shape index (κ3) is 5.35. The minimum atomic E-state index is -4.53. The molecule has 9 heteroatoms. The Morgan fingerprint density at radius 1 is 1.07 bits per heavy atom. The van der Waals surface area contributed by atoms with E-state index in [4.69, 9.17) is 14.4 Å². The van der Waals surface area contributed by atoms with E-state index in [0.717, 1.165) is 12.1 Å². The molecule has 0 bridgehead atoms. The van der Waals surface area contributed by atoms with Crippen LogP contribution >= 0.6 is 0 Å². The van der Waals surface area contributed by atoms with Gasteiger partial charge >= 0.3 is 12.1 Å². The molecule has 2 aromatic rings. The molecular formula is C20H19F3N2O4. The van der Waals surface area contributed by atoms with Crippen molar-refractivity contribution in [2.24, 2.45) is 5.16 Å². The highest BCUT2D eigenvalue weighted by atomic mass is 19.4. The molecule has 0 aliphatic carbocycles. The van der Waals surface area contributed by atoms with Crippen LogP contribution in [0.25, 0.3) is 5.57 Å². The van der Waals surface area contributed by atoms with Crippen LogP contribution in [0.4, 0.5) is 13.2 Å². The largest absolute Gasteiger partial charge is 0.503 e. The molecule has 1 N–H and O–H groups in total. The van der Waals surface area contributed by atoms with Gasteiger partial charge in [0.05, 0.1) is 26.0 Å². The van der Waals surface area contributed by atoms with E-state index in [1.165, 1.54) is 39.7 Å². The second-order valence-electron chi connectivity index (χ2n) is 5.62. The van der Waals surface area contributed by atoms with Crippen molar-refractivity contribution in [2.45, 2.75) is 6.18 Å². The van der Waals surface area contributed by atoms with Gasteiger partial charge < -0.3 is 9.47 Å². The summed E-state index contributed by atoms with van der Waals surface area (Å²) in [5.74, 6) is -0.683. The van der Waals surface area contributed by atoms with E-state index in [0.29, 0.717) is 11.1 Å². The maximum absolute atomic E-state index is 13.2. The quantitative estimate of drug-likeness (QED) is 0.248. The van der Waals surface area contributed by atoms with Gasteiger partial charge in [0.2, 0.25) is 0 Å². The summed E-state index contributed by atoms with van der Waals surface area (Å²) < 4.78 is 49.3. The van der Waals surface area contributed by atoms with Gasteiger partial charge in [-0.3, -0.25) is 4.94 Å². The van der Waals surface area contributed by atoms with E-state index >= 15 is 0 Å². The summed E-state index contributed by atoms with van der Waals surface area (Å²) in [7, 11) is 4.02. The number of carbonyl (C=O) groups excluding carboxylic acids is 1. The van der Waals surface area contributed by atoms with Crippen molar-refractivity contribution in [2.75, 3.05) is 21.3 Å². The Kier molecular flexibility index (Phi) is 7.38. The predicted octanol–water partition coefficient (Wildman–Crippen LogP) is 3.77. The molecule has 0 radical (unpaired) electrons. The summed E-state index contributed by atoms with van der Waals surface area (Å²) in [4.78, 5) is 17.1. The second kappa shape index (κ2) is 9.74. The van der Waals surface area contributed by atoms with Crippen LogP contribution < -0.4 is 5.48 Å². The number of nitrogens with one attached hydrogen (secondary N) is 1. The number of hydrogen-bond donors (Lipinski definition) is 1. The molecular weight excluding hydrogens is 389 g/mol. The fourth-order valence-electron chi connectivity index (χ4n) is 2.57. The lowest BCUT2D eigenvalue weighted by molar-refractivity contribution is -0.137. The minimum absolute atomic E-state index is 0.0646. The Morgan fingerprint density at radius 3 is 2.34 bits per heavy atom. The topological polar surface area (TPSA) is 69.1 Å². The van der Waals surface area contributed by atoms with Crippen molar-refractivity contribution in [3.63, 3.8) is 0 Å². The van der Waals surface area contributed by atoms with Crippen molar-refractivity contribution in [3.05, 3.63) is 77.0 Å². The normalized spacial score (nSPS) is 12.5. The second-order valence-corrected chi connectivity index (χ2v) is 5.62. The van der Waals surface area contributed by atoms with E-state index in [-0.39, 0.29) is 16.8 Å². The van der Waals surface area contributed by atoms with Crippen molar-refractivity contribution < 1.29 is 32.4 Å². The number of rotatable bonds is 7. The number of carbonyl (C=O) groups is 1. The molecule has 2 aromatic carbocycles. The van der Waals surface area contributed by atoms with E-state index in [1.54, 1.807) is 24.3 Å². The SMILES string of the molecule is CNON=C(c1cccc(C(F)(F)F)c1)c1ccccc1C(=COC)C(=O)OC. The maximum Gasteiger partial charge on any atom is 0.416 e. The van der Waals surface area contributed by atoms with Crippen molar-refractivity contribution >= 4 is 17.3 Å². The van der Waals surface area contributed by atoms with Gasteiger partial charge in [0.1, 0.15) is 11.3 Å². The maximum atomic E-state index is 13.2. The lowest BCUT2D eigenvalue weighted by atomic mass is 9.93. The molecule has 0 spiro atoms. The fraction of sp³-hybridized carbons (Fsp3) is 0.200. The van der Waals surface area contributed by atoms with E-state index in [1.807, 2.05) is 0 Å². The molecule has 0 heterocycles. The molecule has 0 fully saturated rings. The standard InChI is InChI=1S/C20H19F3N2O4/c1-24-29-25-18(13-7-6-8-14(11-13)20(21,22)23)16-10-5-4-9-15(16)17(12-27-2)19(26)28-3/h4-12,24H,1-3H3. The number of nitrogens with zero attached hydrogens (tertiary/aromatic N) is 1. The molecule has 0 saturated heterocycles. The van der Waals surface area contributed by atoms with E-state index in [2.05, 4.69) is 10.6 Å². The van der Waals surface area contributed by atoms with Crippen molar-refractivity contribution in [1.29, 1.82) is 0 Å².